The first-order valence-corrected chi connectivity index (χ1v) is 10.4. The molecule has 1 N–H and O–H groups in total. The van der Waals surface area contributed by atoms with E-state index in [1.807, 2.05) is 6.07 Å². The van der Waals surface area contributed by atoms with Gasteiger partial charge in [0, 0.05) is 21.2 Å². The van der Waals surface area contributed by atoms with Gasteiger partial charge in [0.25, 0.3) is 11.8 Å². The number of benzene rings is 3. The van der Waals surface area contributed by atoms with Crippen LogP contribution in [-0.4, -0.2) is 18.9 Å². The molecule has 0 atom stereocenters. The van der Waals surface area contributed by atoms with Crippen molar-refractivity contribution >= 4 is 46.8 Å². The lowest BCUT2D eigenvalue weighted by Gasteiger charge is -2.15. The highest BCUT2D eigenvalue weighted by Crippen LogP contribution is 2.35. The number of nitrogens with one attached hydrogen (secondary N) is 1. The van der Waals surface area contributed by atoms with E-state index in [1.54, 1.807) is 60.7 Å². The lowest BCUT2D eigenvalue weighted by Crippen LogP contribution is -2.35. The Labute approximate surface area is 194 Å². The first kappa shape index (κ1) is 21.7. The molecule has 162 valence electrons. The van der Waals surface area contributed by atoms with Gasteiger partial charge in [0.1, 0.15) is 12.2 Å². The van der Waals surface area contributed by atoms with Gasteiger partial charge in [-0.05, 0) is 36.4 Å². The van der Waals surface area contributed by atoms with Crippen molar-refractivity contribution in [3.05, 3.63) is 93.5 Å². The molecule has 3 aromatic rings. The Morgan fingerprint density at radius 2 is 1.78 bits per heavy atom. The SMILES string of the molecule is COc1cccc(/C=C2\C(=O)NN(c3ccccc3)C2=O)c1OCc1ccc(Cl)cc1Cl. The van der Waals surface area contributed by atoms with Crippen LogP contribution in [0.2, 0.25) is 10.0 Å². The van der Waals surface area contributed by atoms with E-state index >= 15 is 0 Å². The van der Waals surface area contributed by atoms with Crippen LogP contribution in [0, 0.1) is 0 Å². The molecule has 0 radical (unpaired) electrons. The zero-order chi connectivity index (χ0) is 22.7. The van der Waals surface area contributed by atoms with Gasteiger partial charge < -0.3 is 9.47 Å². The Bertz CT molecular complexity index is 1210. The van der Waals surface area contributed by atoms with Crippen LogP contribution >= 0.6 is 23.2 Å². The van der Waals surface area contributed by atoms with E-state index in [0.717, 1.165) is 5.56 Å². The number of nitrogens with zero attached hydrogens (tertiary/aromatic N) is 1. The zero-order valence-electron chi connectivity index (χ0n) is 17.0. The van der Waals surface area contributed by atoms with Gasteiger partial charge in [-0.2, -0.15) is 0 Å². The fourth-order valence-electron chi connectivity index (χ4n) is 3.22. The van der Waals surface area contributed by atoms with Gasteiger partial charge in [0.05, 0.1) is 12.8 Å². The second kappa shape index (κ2) is 9.34. The van der Waals surface area contributed by atoms with Crippen LogP contribution in [-0.2, 0) is 16.2 Å². The van der Waals surface area contributed by atoms with Crippen molar-refractivity contribution in [1.82, 2.24) is 5.43 Å². The third kappa shape index (κ3) is 4.42. The van der Waals surface area contributed by atoms with E-state index in [1.165, 1.54) is 18.2 Å². The number of ether oxygens (including phenoxy) is 2. The summed E-state index contributed by atoms with van der Waals surface area (Å²) in [4.78, 5) is 25.5. The average Bonchev–Trinajstić information content (AvgIpc) is 3.08. The van der Waals surface area contributed by atoms with Gasteiger partial charge in [-0.15, -0.1) is 0 Å². The lowest BCUT2D eigenvalue weighted by atomic mass is 10.1. The Kier molecular flexibility index (Phi) is 6.35. The van der Waals surface area contributed by atoms with E-state index in [0.29, 0.717) is 32.8 Å². The first-order valence-electron chi connectivity index (χ1n) is 9.64. The van der Waals surface area contributed by atoms with Gasteiger partial charge in [-0.3, -0.25) is 15.0 Å². The molecular weight excluding hydrogens is 451 g/mol. The molecule has 1 saturated heterocycles. The number of carbonyl (C=O) groups is 2. The number of hydrogen-bond acceptors (Lipinski definition) is 4. The molecule has 0 aliphatic carbocycles. The molecule has 0 spiro atoms. The summed E-state index contributed by atoms with van der Waals surface area (Å²) in [5.41, 5.74) is 4.37. The summed E-state index contributed by atoms with van der Waals surface area (Å²) < 4.78 is 11.4. The maximum Gasteiger partial charge on any atom is 0.282 e. The number of amides is 2. The smallest absolute Gasteiger partial charge is 0.282 e. The molecule has 3 aromatic carbocycles. The van der Waals surface area contributed by atoms with Crippen molar-refractivity contribution in [2.45, 2.75) is 6.61 Å². The first-order chi connectivity index (χ1) is 15.5. The maximum absolute atomic E-state index is 12.9. The van der Waals surface area contributed by atoms with E-state index in [-0.39, 0.29) is 12.2 Å². The highest BCUT2D eigenvalue weighted by atomic mass is 35.5. The largest absolute Gasteiger partial charge is 0.493 e. The summed E-state index contributed by atoms with van der Waals surface area (Å²) in [5, 5.41) is 2.20. The Morgan fingerprint density at radius 1 is 1.00 bits per heavy atom. The number of hydrazine groups is 1. The van der Waals surface area contributed by atoms with Crippen molar-refractivity contribution in [1.29, 1.82) is 0 Å². The van der Waals surface area contributed by atoms with Crippen LogP contribution in [0.4, 0.5) is 5.69 Å². The molecule has 0 unspecified atom stereocenters. The van der Waals surface area contributed by atoms with Crippen molar-refractivity contribution < 1.29 is 19.1 Å². The summed E-state index contributed by atoms with van der Waals surface area (Å²) in [6, 6.07) is 19.2. The fraction of sp³-hybridized carbons (Fsp3) is 0.0833. The molecule has 6 nitrogen and oxygen atoms in total. The molecular formula is C24H18Cl2N2O4. The van der Waals surface area contributed by atoms with Crippen molar-refractivity contribution in [3.63, 3.8) is 0 Å². The summed E-state index contributed by atoms with van der Waals surface area (Å²) >= 11 is 12.2. The van der Waals surface area contributed by atoms with E-state index < -0.39 is 11.8 Å². The minimum Gasteiger partial charge on any atom is -0.493 e. The highest BCUT2D eigenvalue weighted by molar-refractivity contribution is 6.35. The molecule has 0 bridgehead atoms. The molecule has 1 aliphatic rings. The van der Waals surface area contributed by atoms with Crippen molar-refractivity contribution in [2.24, 2.45) is 0 Å². The quantitative estimate of drug-likeness (QED) is 0.406. The maximum atomic E-state index is 12.9. The number of hydrogen-bond donors (Lipinski definition) is 1. The lowest BCUT2D eigenvalue weighted by molar-refractivity contribution is -0.117. The average molecular weight is 469 g/mol. The van der Waals surface area contributed by atoms with Crippen LogP contribution in [0.15, 0.2) is 72.3 Å². The second-order valence-corrected chi connectivity index (χ2v) is 7.72. The topological polar surface area (TPSA) is 67.9 Å². The summed E-state index contributed by atoms with van der Waals surface area (Å²) in [5.74, 6) is -0.133. The monoisotopic (exact) mass is 468 g/mol. The number of anilines is 1. The number of halogens is 2. The number of para-hydroxylation sites is 2. The van der Waals surface area contributed by atoms with Crippen LogP contribution < -0.4 is 19.9 Å². The zero-order valence-corrected chi connectivity index (χ0v) is 18.5. The Morgan fingerprint density at radius 3 is 2.50 bits per heavy atom. The third-order valence-corrected chi connectivity index (χ3v) is 5.41. The van der Waals surface area contributed by atoms with Crippen LogP contribution in [0.3, 0.4) is 0 Å². The molecule has 0 aromatic heterocycles. The Balaban J connectivity index is 1.66. The predicted octanol–water partition coefficient (Wildman–Crippen LogP) is 5.04. The van der Waals surface area contributed by atoms with Gasteiger partial charge in [0.2, 0.25) is 0 Å². The minimum atomic E-state index is -0.506. The molecule has 0 saturated carbocycles. The third-order valence-electron chi connectivity index (χ3n) is 4.82. The molecule has 1 aliphatic heterocycles. The molecule has 4 rings (SSSR count). The summed E-state index contributed by atoms with van der Waals surface area (Å²) in [7, 11) is 1.51. The Hall–Kier alpha value is -3.48. The number of rotatable bonds is 6. The second-order valence-electron chi connectivity index (χ2n) is 6.88. The molecule has 1 heterocycles. The minimum absolute atomic E-state index is 0.0171. The van der Waals surface area contributed by atoms with Gasteiger partial charge in [0.15, 0.2) is 11.5 Å². The van der Waals surface area contributed by atoms with Crippen LogP contribution in [0.1, 0.15) is 11.1 Å². The number of methoxy groups -OCH3 is 1. The van der Waals surface area contributed by atoms with Crippen LogP contribution in [0.25, 0.3) is 6.08 Å². The van der Waals surface area contributed by atoms with E-state index in [2.05, 4.69) is 5.43 Å². The predicted molar refractivity (Wildman–Crippen MR) is 124 cm³/mol. The molecule has 8 heteroatoms. The van der Waals surface area contributed by atoms with E-state index in [9.17, 15) is 9.59 Å². The van der Waals surface area contributed by atoms with Crippen LogP contribution in [0.5, 0.6) is 11.5 Å². The number of carbonyl (C=O) groups excluding carboxylic acids is 2. The molecule has 1 fully saturated rings. The van der Waals surface area contributed by atoms with Crippen molar-refractivity contribution in [2.75, 3.05) is 12.1 Å². The van der Waals surface area contributed by atoms with Crippen molar-refractivity contribution in [3.8, 4) is 11.5 Å². The van der Waals surface area contributed by atoms with Gasteiger partial charge >= 0.3 is 0 Å². The van der Waals surface area contributed by atoms with E-state index in [4.69, 9.17) is 32.7 Å². The fourth-order valence-corrected chi connectivity index (χ4v) is 3.69. The normalized spacial score (nSPS) is 14.6. The summed E-state index contributed by atoms with van der Waals surface area (Å²) in [6.07, 6.45) is 1.49. The highest BCUT2D eigenvalue weighted by Gasteiger charge is 2.34. The standard InChI is InChI=1S/C24H18Cl2N2O4/c1-31-21-9-5-6-15(22(21)32-14-16-10-11-17(25)13-20(16)26)12-19-23(29)27-28(24(19)30)18-7-3-2-4-8-18/h2-13H,14H2,1H3,(H,27,29)/b19-12+. The van der Waals surface area contributed by atoms with Gasteiger partial charge in [-0.25, -0.2) is 5.01 Å². The molecule has 2 amide bonds. The molecule has 32 heavy (non-hydrogen) atoms. The summed E-state index contributed by atoms with van der Waals surface area (Å²) in [6.45, 7) is 0.142. The van der Waals surface area contributed by atoms with Gasteiger partial charge in [-0.1, -0.05) is 59.6 Å².